The summed E-state index contributed by atoms with van der Waals surface area (Å²) in [6.45, 7) is 2.35. The summed E-state index contributed by atoms with van der Waals surface area (Å²) in [6, 6.07) is 9.15. The highest BCUT2D eigenvalue weighted by Gasteiger charge is 2.26. The van der Waals surface area contributed by atoms with E-state index in [0.717, 1.165) is 18.3 Å². The highest BCUT2D eigenvalue weighted by Crippen LogP contribution is 2.33. The third-order valence-electron chi connectivity index (χ3n) is 4.21. The number of nitrogens with zero attached hydrogens (tertiary/aromatic N) is 1. The number of hydrogen-bond acceptors (Lipinski definition) is 2. The van der Waals surface area contributed by atoms with Gasteiger partial charge in [-0.15, -0.1) is 0 Å². The molecule has 1 fully saturated rings. The standard InChI is InChI=1S/C16H21NO/c1-18-16-8-3-2-7-15(16)13-9-10-14-6-4-5-11-17(14)12-13/h2-3,7-9,14H,4-6,10-12H2,1H3/t14-/m1/s1. The zero-order valence-corrected chi connectivity index (χ0v) is 11.1. The summed E-state index contributed by atoms with van der Waals surface area (Å²) in [5, 5.41) is 0. The number of ether oxygens (including phenoxy) is 1. The second-order valence-electron chi connectivity index (χ2n) is 5.29. The average Bonchev–Trinajstić information content (AvgIpc) is 2.46. The van der Waals surface area contributed by atoms with Gasteiger partial charge < -0.3 is 4.74 Å². The third-order valence-corrected chi connectivity index (χ3v) is 4.21. The van der Waals surface area contributed by atoms with Gasteiger partial charge >= 0.3 is 0 Å². The number of para-hydroxylation sites is 1. The van der Waals surface area contributed by atoms with Crippen molar-refractivity contribution in [2.24, 2.45) is 0 Å². The molecular formula is C16H21NO. The molecule has 0 aliphatic carbocycles. The van der Waals surface area contributed by atoms with Crippen LogP contribution in [-0.2, 0) is 0 Å². The first-order valence-electron chi connectivity index (χ1n) is 6.95. The molecule has 0 unspecified atom stereocenters. The summed E-state index contributed by atoms with van der Waals surface area (Å²) in [7, 11) is 1.76. The van der Waals surface area contributed by atoms with Crippen molar-refractivity contribution in [2.45, 2.75) is 31.7 Å². The fraction of sp³-hybridized carbons (Fsp3) is 0.500. The lowest BCUT2D eigenvalue weighted by molar-refractivity contribution is 0.162. The van der Waals surface area contributed by atoms with Gasteiger partial charge in [0.1, 0.15) is 5.75 Å². The van der Waals surface area contributed by atoms with Crippen LogP contribution in [0.5, 0.6) is 5.75 Å². The molecule has 0 saturated carbocycles. The van der Waals surface area contributed by atoms with Crippen LogP contribution in [0.3, 0.4) is 0 Å². The van der Waals surface area contributed by atoms with Crippen molar-refractivity contribution in [1.29, 1.82) is 0 Å². The lowest BCUT2D eigenvalue weighted by Gasteiger charge is -2.39. The van der Waals surface area contributed by atoms with Crippen molar-refractivity contribution in [2.75, 3.05) is 20.2 Å². The van der Waals surface area contributed by atoms with E-state index >= 15 is 0 Å². The van der Waals surface area contributed by atoms with Crippen molar-refractivity contribution in [3.63, 3.8) is 0 Å². The number of methoxy groups -OCH3 is 1. The van der Waals surface area contributed by atoms with E-state index in [-0.39, 0.29) is 0 Å². The maximum absolute atomic E-state index is 5.48. The maximum Gasteiger partial charge on any atom is 0.126 e. The molecule has 2 heteroatoms. The van der Waals surface area contributed by atoms with Gasteiger partial charge in [-0.3, -0.25) is 4.90 Å². The monoisotopic (exact) mass is 243 g/mol. The smallest absolute Gasteiger partial charge is 0.126 e. The highest BCUT2D eigenvalue weighted by atomic mass is 16.5. The Morgan fingerprint density at radius 1 is 1.22 bits per heavy atom. The van der Waals surface area contributed by atoms with E-state index in [9.17, 15) is 0 Å². The second kappa shape index (κ2) is 5.15. The molecule has 3 rings (SSSR count). The van der Waals surface area contributed by atoms with Crippen molar-refractivity contribution in [3.8, 4) is 5.75 Å². The summed E-state index contributed by atoms with van der Waals surface area (Å²) < 4.78 is 5.48. The fourth-order valence-electron chi connectivity index (χ4n) is 3.20. The summed E-state index contributed by atoms with van der Waals surface area (Å²) in [5.74, 6) is 0.999. The van der Waals surface area contributed by atoms with Crippen LogP contribution in [0.15, 0.2) is 30.3 Å². The van der Waals surface area contributed by atoms with Crippen molar-refractivity contribution < 1.29 is 4.74 Å². The molecular weight excluding hydrogens is 222 g/mol. The van der Waals surface area contributed by atoms with Gasteiger partial charge in [0.05, 0.1) is 7.11 Å². The molecule has 1 aromatic rings. The van der Waals surface area contributed by atoms with Crippen LogP contribution in [0.4, 0.5) is 0 Å². The average molecular weight is 243 g/mol. The highest BCUT2D eigenvalue weighted by molar-refractivity contribution is 5.72. The minimum atomic E-state index is 0.789. The van der Waals surface area contributed by atoms with Gasteiger partial charge in [-0.05, 0) is 37.4 Å². The SMILES string of the molecule is COc1ccccc1C1=CC[C@H]2CCCCN2C1. The number of fused-ring (bicyclic) bond motifs is 1. The molecule has 1 saturated heterocycles. The number of benzene rings is 1. The van der Waals surface area contributed by atoms with E-state index in [1.807, 2.05) is 6.07 Å². The maximum atomic E-state index is 5.48. The number of piperidine rings is 1. The van der Waals surface area contributed by atoms with Gasteiger partial charge in [0.15, 0.2) is 0 Å². The molecule has 96 valence electrons. The summed E-state index contributed by atoms with van der Waals surface area (Å²) in [4.78, 5) is 2.64. The fourth-order valence-corrected chi connectivity index (χ4v) is 3.20. The van der Waals surface area contributed by atoms with Crippen molar-refractivity contribution >= 4 is 5.57 Å². The molecule has 2 nitrogen and oxygen atoms in total. The van der Waals surface area contributed by atoms with Crippen LogP contribution >= 0.6 is 0 Å². The van der Waals surface area contributed by atoms with Crippen LogP contribution in [0.2, 0.25) is 0 Å². The molecule has 2 heterocycles. The molecule has 1 aromatic carbocycles. The predicted molar refractivity (Wildman–Crippen MR) is 74.8 cm³/mol. The Bertz CT molecular complexity index is 452. The summed E-state index contributed by atoms with van der Waals surface area (Å²) in [6.07, 6.45) is 7.75. The largest absolute Gasteiger partial charge is 0.496 e. The van der Waals surface area contributed by atoms with Crippen molar-refractivity contribution in [1.82, 2.24) is 4.90 Å². The topological polar surface area (TPSA) is 12.5 Å². The van der Waals surface area contributed by atoms with E-state index in [4.69, 9.17) is 4.74 Å². The van der Waals surface area contributed by atoms with Gasteiger partial charge in [-0.25, -0.2) is 0 Å². The quantitative estimate of drug-likeness (QED) is 0.790. The number of hydrogen-bond donors (Lipinski definition) is 0. The second-order valence-corrected chi connectivity index (χ2v) is 5.29. The zero-order valence-electron chi connectivity index (χ0n) is 11.1. The Balaban J connectivity index is 1.86. The van der Waals surface area contributed by atoms with E-state index < -0.39 is 0 Å². The van der Waals surface area contributed by atoms with Crippen LogP contribution in [0.1, 0.15) is 31.2 Å². The molecule has 0 amide bonds. The Labute approximate surface area is 109 Å². The Morgan fingerprint density at radius 2 is 2.11 bits per heavy atom. The molecule has 0 radical (unpaired) electrons. The van der Waals surface area contributed by atoms with Crippen LogP contribution in [0.25, 0.3) is 5.57 Å². The van der Waals surface area contributed by atoms with Crippen LogP contribution in [-0.4, -0.2) is 31.1 Å². The molecule has 0 N–H and O–H groups in total. The number of rotatable bonds is 2. The Morgan fingerprint density at radius 3 is 3.00 bits per heavy atom. The predicted octanol–water partition coefficient (Wildman–Crippen LogP) is 3.34. The van der Waals surface area contributed by atoms with Crippen LogP contribution in [0, 0.1) is 0 Å². The molecule has 0 aromatic heterocycles. The third kappa shape index (κ3) is 2.17. The lowest BCUT2D eigenvalue weighted by atomic mass is 9.91. The van der Waals surface area contributed by atoms with E-state index in [1.165, 1.54) is 43.4 Å². The molecule has 2 aliphatic rings. The molecule has 0 spiro atoms. The van der Waals surface area contributed by atoms with Crippen LogP contribution < -0.4 is 4.74 Å². The first-order valence-corrected chi connectivity index (χ1v) is 6.95. The first kappa shape index (κ1) is 11.8. The van der Waals surface area contributed by atoms with E-state index in [2.05, 4.69) is 29.2 Å². The minimum absolute atomic E-state index is 0.789. The van der Waals surface area contributed by atoms with Gasteiger partial charge in [-0.2, -0.15) is 0 Å². The normalized spacial score (nSPS) is 24.3. The molecule has 2 aliphatic heterocycles. The van der Waals surface area contributed by atoms with Gasteiger partial charge in [0, 0.05) is 18.2 Å². The van der Waals surface area contributed by atoms with E-state index in [0.29, 0.717) is 0 Å². The molecule has 18 heavy (non-hydrogen) atoms. The van der Waals surface area contributed by atoms with E-state index in [1.54, 1.807) is 7.11 Å². The first-order chi connectivity index (χ1) is 8.88. The van der Waals surface area contributed by atoms with Crippen molar-refractivity contribution in [3.05, 3.63) is 35.9 Å². The minimum Gasteiger partial charge on any atom is -0.496 e. The Hall–Kier alpha value is -1.28. The molecule has 1 atom stereocenters. The molecule has 0 bridgehead atoms. The zero-order chi connectivity index (χ0) is 12.4. The van der Waals surface area contributed by atoms with Gasteiger partial charge in [0.25, 0.3) is 0 Å². The van der Waals surface area contributed by atoms with Gasteiger partial charge in [-0.1, -0.05) is 30.7 Å². The summed E-state index contributed by atoms with van der Waals surface area (Å²) in [5.41, 5.74) is 2.70. The Kier molecular flexibility index (Phi) is 3.37. The lowest BCUT2D eigenvalue weighted by Crippen LogP contribution is -2.42. The summed E-state index contributed by atoms with van der Waals surface area (Å²) >= 11 is 0. The van der Waals surface area contributed by atoms with Gasteiger partial charge in [0.2, 0.25) is 0 Å².